The molecule has 0 bridgehead atoms. The Balaban J connectivity index is 2.10. The maximum atomic E-state index is 9.54. The first-order valence-corrected chi connectivity index (χ1v) is 6.75. The molecule has 4 heteroatoms. The molecule has 2 aromatic carbocycles. The second-order valence-corrected chi connectivity index (χ2v) is 5.20. The molecule has 0 aliphatic rings. The van der Waals surface area contributed by atoms with Crippen molar-refractivity contribution in [3.05, 3.63) is 52.0 Å². The molecule has 2 rings (SSSR count). The van der Waals surface area contributed by atoms with Gasteiger partial charge in [0.05, 0.1) is 7.11 Å². The zero-order valence-electron chi connectivity index (χ0n) is 10.9. The van der Waals surface area contributed by atoms with Crippen LogP contribution >= 0.6 is 15.9 Å². The van der Waals surface area contributed by atoms with E-state index < -0.39 is 0 Å². The number of rotatable bonds is 4. The van der Waals surface area contributed by atoms with Gasteiger partial charge in [-0.05, 0) is 58.2 Å². The number of aromatic hydroxyl groups is 1. The summed E-state index contributed by atoms with van der Waals surface area (Å²) < 4.78 is 6.13. The molecule has 3 nitrogen and oxygen atoms in total. The SMILES string of the molecule is COc1cc(CNc2ccc(C)cc2Br)ccc1O. The molecule has 0 unspecified atom stereocenters. The summed E-state index contributed by atoms with van der Waals surface area (Å²) in [5.41, 5.74) is 3.29. The average molecular weight is 322 g/mol. The van der Waals surface area contributed by atoms with Crippen LogP contribution in [0.4, 0.5) is 5.69 Å². The fourth-order valence-corrected chi connectivity index (χ4v) is 2.43. The Hall–Kier alpha value is -1.68. The normalized spacial score (nSPS) is 10.3. The van der Waals surface area contributed by atoms with Crippen molar-refractivity contribution in [1.29, 1.82) is 0 Å². The second kappa shape index (κ2) is 5.97. The van der Waals surface area contributed by atoms with E-state index in [9.17, 15) is 5.11 Å². The van der Waals surface area contributed by atoms with Crippen LogP contribution in [0, 0.1) is 6.92 Å². The molecule has 0 saturated carbocycles. The highest BCUT2D eigenvalue weighted by atomic mass is 79.9. The topological polar surface area (TPSA) is 41.5 Å². The zero-order chi connectivity index (χ0) is 13.8. The van der Waals surface area contributed by atoms with Gasteiger partial charge in [0.2, 0.25) is 0 Å². The lowest BCUT2D eigenvalue weighted by atomic mass is 10.2. The van der Waals surface area contributed by atoms with Crippen LogP contribution in [-0.2, 0) is 6.54 Å². The number of ether oxygens (including phenoxy) is 1. The molecule has 0 radical (unpaired) electrons. The number of methoxy groups -OCH3 is 1. The van der Waals surface area contributed by atoms with Crippen LogP contribution in [0.3, 0.4) is 0 Å². The Bertz CT molecular complexity index is 584. The van der Waals surface area contributed by atoms with Gasteiger partial charge in [-0.25, -0.2) is 0 Å². The van der Waals surface area contributed by atoms with Crippen molar-refractivity contribution < 1.29 is 9.84 Å². The number of hydrogen-bond donors (Lipinski definition) is 2. The van der Waals surface area contributed by atoms with Crippen molar-refractivity contribution >= 4 is 21.6 Å². The van der Waals surface area contributed by atoms with Gasteiger partial charge in [-0.2, -0.15) is 0 Å². The van der Waals surface area contributed by atoms with E-state index in [-0.39, 0.29) is 5.75 Å². The highest BCUT2D eigenvalue weighted by Crippen LogP contribution is 2.28. The largest absolute Gasteiger partial charge is 0.504 e. The Labute approximate surface area is 121 Å². The maximum Gasteiger partial charge on any atom is 0.160 e. The number of anilines is 1. The van der Waals surface area contributed by atoms with Crippen LogP contribution in [0.2, 0.25) is 0 Å². The van der Waals surface area contributed by atoms with Crippen molar-refractivity contribution in [3.8, 4) is 11.5 Å². The molecule has 2 aromatic rings. The third kappa shape index (κ3) is 3.41. The second-order valence-electron chi connectivity index (χ2n) is 4.34. The summed E-state index contributed by atoms with van der Waals surface area (Å²) in [6.45, 7) is 2.72. The molecule has 0 fully saturated rings. The summed E-state index contributed by atoms with van der Waals surface area (Å²) in [6, 6.07) is 11.5. The standard InChI is InChI=1S/C15H16BrNO2/c1-10-3-5-13(12(16)7-10)17-9-11-4-6-14(18)15(8-11)19-2/h3-8,17-18H,9H2,1-2H3. The van der Waals surface area contributed by atoms with E-state index in [4.69, 9.17) is 4.74 Å². The lowest BCUT2D eigenvalue weighted by Crippen LogP contribution is -2.00. The number of aryl methyl sites for hydroxylation is 1. The van der Waals surface area contributed by atoms with Gasteiger partial charge in [-0.15, -0.1) is 0 Å². The van der Waals surface area contributed by atoms with Crippen LogP contribution in [0.25, 0.3) is 0 Å². The molecule has 0 spiro atoms. The van der Waals surface area contributed by atoms with Gasteiger partial charge in [-0.1, -0.05) is 12.1 Å². The van der Waals surface area contributed by atoms with E-state index in [2.05, 4.69) is 40.3 Å². The first-order valence-electron chi connectivity index (χ1n) is 5.96. The smallest absolute Gasteiger partial charge is 0.160 e. The maximum absolute atomic E-state index is 9.54. The monoisotopic (exact) mass is 321 g/mol. The van der Waals surface area contributed by atoms with Crippen LogP contribution in [-0.4, -0.2) is 12.2 Å². The Morgan fingerprint density at radius 2 is 2.00 bits per heavy atom. The summed E-state index contributed by atoms with van der Waals surface area (Å²) in [6.07, 6.45) is 0. The van der Waals surface area contributed by atoms with E-state index in [1.165, 1.54) is 5.56 Å². The summed E-state index contributed by atoms with van der Waals surface area (Å²) in [7, 11) is 1.54. The van der Waals surface area contributed by atoms with Crippen molar-refractivity contribution in [3.63, 3.8) is 0 Å². The quantitative estimate of drug-likeness (QED) is 0.891. The molecule has 0 heterocycles. The van der Waals surface area contributed by atoms with Crippen LogP contribution in [0.15, 0.2) is 40.9 Å². The molecule has 0 aliphatic carbocycles. The number of hydrogen-bond acceptors (Lipinski definition) is 3. The molecule has 0 aromatic heterocycles. The molecular weight excluding hydrogens is 306 g/mol. The summed E-state index contributed by atoms with van der Waals surface area (Å²) in [5, 5.41) is 12.9. The van der Waals surface area contributed by atoms with Gasteiger partial charge in [0.1, 0.15) is 0 Å². The average Bonchev–Trinajstić information content (AvgIpc) is 2.39. The van der Waals surface area contributed by atoms with Crippen molar-refractivity contribution in [1.82, 2.24) is 0 Å². The molecule has 0 amide bonds. The number of nitrogens with one attached hydrogen (secondary N) is 1. The van der Waals surface area contributed by atoms with Gasteiger partial charge < -0.3 is 15.2 Å². The van der Waals surface area contributed by atoms with Crippen LogP contribution < -0.4 is 10.1 Å². The minimum atomic E-state index is 0.155. The summed E-state index contributed by atoms with van der Waals surface area (Å²) >= 11 is 3.53. The van der Waals surface area contributed by atoms with Gasteiger partial charge in [0.15, 0.2) is 11.5 Å². The van der Waals surface area contributed by atoms with E-state index in [0.29, 0.717) is 12.3 Å². The lowest BCUT2D eigenvalue weighted by molar-refractivity contribution is 0.373. The van der Waals surface area contributed by atoms with Crippen LogP contribution in [0.5, 0.6) is 11.5 Å². The molecule has 100 valence electrons. The molecular formula is C15H16BrNO2. The van der Waals surface area contributed by atoms with Crippen molar-refractivity contribution in [2.45, 2.75) is 13.5 Å². The van der Waals surface area contributed by atoms with E-state index in [0.717, 1.165) is 15.7 Å². The predicted octanol–water partition coefficient (Wildman–Crippen LogP) is 4.08. The number of phenolic OH excluding ortho intramolecular Hbond substituents is 1. The highest BCUT2D eigenvalue weighted by Gasteiger charge is 2.04. The van der Waals surface area contributed by atoms with E-state index in [1.807, 2.05) is 18.2 Å². The van der Waals surface area contributed by atoms with E-state index >= 15 is 0 Å². The Morgan fingerprint density at radius 3 is 2.68 bits per heavy atom. The van der Waals surface area contributed by atoms with Gasteiger partial charge in [0, 0.05) is 16.7 Å². The number of benzene rings is 2. The van der Waals surface area contributed by atoms with Gasteiger partial charge >= 0.3 is 0 Å². The molecule has 19 heavy (non-hydrogen) atoms. The fraction of sp³-hybridized carbons (Fsp3) is 0.200. The summed E-state index contributed by atoms with van der Waals surface area (Å²) in [4.78, 5) is 0. The van der Waals surface area contributed by atoms with Crippen molar-refractivity contribution in [2.75, 3.05) is 12.4 Å². The predicted molar refractivity (Wildman–Crippen MR) is 80.9 cm³/mol. The highest BCUT2D eigenvalue weighted by molar-refractivity contribution is 9.10. The van der Waals surface area contributed by atoms with E-state index in [1.54, 1.807) is 13.2 Å². The number of halogens is 1. The third-order valence-electron chi connectivity index (χ3n) is 2.85. The minimum Gasteiger partial charge on any atom is -0.504 e. The van der Waals surface area contributed by atoms with Crippen LogP contribution in [0.1, 0.15) is 11.1 Å². The molecule has 0 saturated heterocycles. The molecule has 0 atom stereocenters. The van der Waals surface area contributed by atoms with Gasteiger partial charge in [-0.3, -0.25) is 0 Å². The van der Waals surface area contributed by atoms with Gasteiger partial charge in [0.25, 0.3) is 0 Å². The Morgan fingerprint density at radius 1 is 1.21 bits per heavy atom. The lowest BCUT2D eigenvalue weighted by Gasteiger charge is -2.11. The fourth-order valence-electron chi connectivity index (χ4n) is 1.79. The number of phenols is 1. The third-order valence-corrected chi connectivity index (χ3v) is 3.51. The molecule has 0 aliphatic heterocycles. The first kappa shape index (κ1) is 13.7. The molecule has 2 N–H and O–H groups in total. The summed E-state index contributed by atoms with van der Waals surface area (Å²) in [5.74, 6) is 0.644. The minimum absolute atomic E-state index is 0.155. The first-order chi connectivity index (χ1) is 9.10. The zero-order valence-corrected chi connectivity index (χ0v) is 12.5. The Kier molecular flexibility index (Phi) is 4.32. The van der Waals surface area contributed by atoms with Crippen molar-refractivity contribution in [2.24, 2.45) is 0 Å².